The maximum absolute atomic E-state index is 13.5. The summed E-state index contributed by atoms with van der Waals surface area (Å²) in [6.45, 7) is 5.73. The van der Waals surface area contributed by atoms with E-state index < -0.39 is 0 Å². The summed E-state index contributed by atoms with van der Waals surface area (Å²) < 4.78 is 8.82. The summed E-state index contributed by atoms with van der Waals surface area (Å²) in [4.78, 5) is 15.7. The molecule has 1 aliphatic rings. The van der Waals surface area contributed by atoms with E-state index in [-0.39, 0.29) is 5.56 Å². The van der Waals surface area contributed by atoms with Crippen molar-refractivity contribution in [1.82, 2.24) is 9.78 Å². The molecule has 0 aromatic carbocycles. The van der Waals surface area contributed by atoms with Crippen LogP contribution in [-0.4, -0.2) is 22.9 Å². The smallest absolute Gasteiger partial charge is 0.316 e. The monoisotopic (exact) mass is 565 g/mol. The van der Waals surface area contributed by atoms with Crippen molar-refractivity contribution in [3.63, 3.8) is 0 Å². The number of hydrogen-bond donors (Lipinski definition) is 0. The molecule has 1 atom stereocenters. The maximum atomic E-state index is 13.5. The Labute approximate surface area is 218 Å². The number of ether oxygens (including phenoxy) is 1. The second-order valence-corrected chi connectivity index (χ2v) is 9.56. The van der Waals surface area contributed by atoms with Gasteiger partial charge in [0.25, 0.3) is 0 Å². The summed E-state index contributed by atoms with van der Waals surface area (Å²) in [5.74, 6) is 2.89. The zero-order chi connectivity index (χ0) is 24.8. The van der Waals surface area contributed by atoms with Crippen molar-refractivity contribution in [1.29, 1.82) is 0 Å². The zero-order valence-electron chi connectivity index (χ0n) is 19.9. The Bertz CT molecular complexity index is 1040. The van der Waals surface area contributed by atoms with Crippen LogP contribution in [0.4, 0.5) is 5.69 Å². The molecule has 0 radical (unpaired) electrons. The van der Waals surface area contributed by atoms with Crippen LogP contribution in [0.15, 0.2) is 74.6 Å². The van der Waals surface area contributed by atoms with E-state index in [0.29, 0.717) is 10.8 Å². The van der Waals surface area contributed by atoms with Gasteiger partial charge >= 0.3 is 5.56 Å². The largest absolute Gasteiger partial charge is 0.454 e. The lowest BCUT2D eigenvalue weighted by atomic mass is 10.1. The van der Waals surface area contributed by atoms with Crippen LogP contribution in [0.1, 0.15) is 52.4 Å². The van der Waals surface area contributed by atoms with Crippen LogP contribution in [-0.2, 0) is 0 Å². The fourth-order valence-electron chi connectivity index (χ4n) is 3.43. The summed E-state index contributed by atoms with van der Waals surface area (Å²) in [5, 5.41) is 4.94. The van der Waals surface area contributed by atoms with Crippen LogP contribution in [0, 0.1) is 0 Å². The summed E-state index contributed by atoms with van der Waals surface area (Å²) in [6.07, 6.45) is 22.1. The quantitative estimate of drug-likeness (QED) is 0.158. The van der Waals surface area contributed by atoms with Gasteiger partial charge in [0, 0.05) is 30.7 Å². The lowest BCUT2D eigenvalue weighted by Gasteiger charge is -2.26. The van der Waals surface area contributed by atoms with E-state index in [4.69, 9.17) is 16.3 Å². The van der Waals surface area contributed by atoms with Gasteiger partial charge in [0.1, 0.15) is 11.4 Å². The first-order valence-electron chi connectivity index (χ1n) is 11.6. The van der Waals surface area contributed by atoms with Crippen LogP contribution < -0.4 is 15.2 Å². The van der Waals surface area contributed by atoms with Crippen molar-refractivity contribution in [2.24, 2.45) is 0 Å². The van der Waals surface area contributed by atoms with Gasteiger partial charge in [-0.25, -0.2) is 4.68 Å². The SMILES string of the molecule is C/C=C\CCN(CCC)c1cnn(/C=C/C=C(Cl)\C=C/P)c(=O)c1O/C1=C/C/C=C(/Br)CCC1. The van der Waals surface area contributed by atoms with Gasteiger partial charge in [-0.2, -0.15) is 5.10 Å². The van der Waals surface area contributed by atoms with Crippen molar-refractivity contribution >= 4 is 48.7 Å². The number of anilines is 1. The predicted octanol–water partition coefficient (Wildman–Crippen LogP) is 7.52. The summed E-state index contributed by atoms with van der Waals surface area (Å²) in [7, 11) is 2.47. The van der Waals surface area contributed by atoms with Crippen LogP contribution in [0.2, 0.25) is 0 Å². The van der Waals surface area contributed by atoms with Gasteiger partial charge in [0.05, 0.1) is 6.20 Å². The molecule has 34 heavy (non-hydrogen) atoms. The molecule has 0 fully saturated rings. The molecular weight excluding hydrogens is 533 g/mol. The number of rotatable bonds is 11. The Hall–Kier alpha value is -1.88. The topological polar surface area (TPSA) is 47.4 Å². The molecule has 0 aliphatic heterocycles. The lowest BCUT2D eigenvalue weighted by Crippen LogP contribution is -2.30. The highest BCUT2D eigenvalue weighted by molar-refractivity contribution is 9.11. The summed E-state index contributed by atoms with van der Waals surface area (Å²) in [6, 6.07) is 0. The molecule has 0 N–H and O–H groups in total. The molecule has 0 saturated heterocycles. The summed E-state index contributed by atoms with van der Waals surface area (Å²) >= 11 is 9.69. The number of nitrogens with zero attached hydrogens (tertiary/aromatic N) is 3. The van der Waals surface area contributed by atoms with Gasteiger partial charge in [-0.3, -0.25) is 4.79 Å². The van der Waals surface area contributed by atoms with Crippen molar-refractivity contribution in [2.45, 2.75) is 52.4 Å². The average Bonchev–Trinajstić information content (AvgIpc) is 2.79. The third kappa shape index (κ3) is 9.40. The van der Waals surface area contributed by atoms with Crippen molar-refractivity contribution in [3.05, 3.63) is 80.2 Å². The van der Waals surface area contributed by atoms with Crippen LogP contribution in [0.3, 0.4) is 0 Å². The molecular formula is C26H34BrClN3O2P. The Kier molecular flexibility index (Phi) is 13.3. The highest BCUT2D eigenvalue weighted by Crippen LogP contribution is 2.29. The lowest BCUT2D eigenvalue weighted by molar-refractivity contribution is 0.387. The Morgan fingerprint density at radius 2 is 2.18 bits per heavy atom. The standard InChI is InChI=1S/C26H34BrClN3O2P/c1-3-5-6-17-30(16-4-2)24-20-29-31(18-9-12-22(28)15-19-34)26(32)25(24)33-23-13-7-10-21(27)11-8-14-23/h3,5,9-10,12-13,15,18-20H,4,6-8,11,14,16-17,34H2,1-2H3/b5-3-,18-9+,19-15-,21-10+,22-12+,23-13+. The average molecular weight is 567 g/mol. The van der Waals surface area contributed by atoms with Crippen molar-refractivity contribution < 1.29 is 4.74 Å². The molecule has 0 bridgehead atoms. The van der Waals surface area contributed by atoms with Crippen LogP contribution >= 0.6 is 36.8 Å². The maximum Gasteiger partial charge on any atom is 0.316 e. The van der Waals surface area contributed by atoms with E-state index >= 15 is 0 Å². The van der Waals surface area contributed by atoms with Crippen molar-refractivity contribution in [3.8, 4) is 5.75 Å². The van der Waals surface area contributed by atoms with Gasteiger partial charge in [0.15, 0.2) is 0 Å². The van der Waals surface area contributed by atoms with E-state index in [2.05, 4.69) is 54.2 Å². The van der Waals surface area contributed by atoms with Gasteiger partial charge in [-0.05, 0) is 67.8 Å². The van der Waals surface area contributed by atoms with Gasteiger partial charge in [-0.1, -0.05) is 58.5 Å². The zero-order valence-corrected chi connectivity index (χ0v) is 23.4. The first-order valence-corrected chi connectivity index (χ1v) is 13.5. The number of aromatic nitrogens is 2. The molecule has 2 rings (SSSR count). The van der Waals surface area contributed by atoms with Crippen LogP contribution in [0.25, 0.3) is 6.20 Å². The minimum atomic E-state index is -0.299. The van der Waals surface area contributed by atoms with Crippen molar-refractivity contribution in [2.75, 3.05) is 18.0 Å². The molecule has 1 unspecified atom stereocenters. The Morgan fingerprint density at radius 3 is 2.91 bits per heavy atom. The number of halogens is 2. The predicted molar refractivity (Wildman–Crippen MR) is 153 cm³/mol. The minimum absolute atomic E-state index is 0.299. The summed E-state index contributed by atoms with van der Waals surface area (Å²) in [5.41, 5.74) is 0.423. The minimum Gasteiger partial charge on any atom is -0.454 e. The van der Waals surface area contributed by atoms with E-state index in [0.717, 1.165) is 63.1 Å². The molecule has 1 aromatic heterocycles. The second-order valence-electron chi connectivity index (χ2n) is 7.72. The highest BCUT2D eigenvalue weighted by Gasteiger charge is 2.19. The third-order valence-corrected chi connectivity index (χ3v) is 6.23. The number of hydrogen-bond acceptors (Lipinski definition) is 4. The van der Waals surface area contributed by atoms with E-state index in [1.54, 1.807) is 36.4 Å². The molecule has 1 aliphatic carbocycles. The first-order chi connectivity index (χ1) is 16.5. The second kappa shape index (κ2) is 15.9. The van der Waals surface area contributed by atoms with E-state index in [1.165, 1.54) is 9.16 Å². The number of allylic oxidation sites excluding steroid dienone is 9. The molecule has 8 heteroatoms. The first kappa shape index (κ1) is 28.4. The normalized spacial score (nSPS) is 18.6. The van der Waals surface area contributed by atoms with Gasteiger partial charge < -0.3 is 9.64 Å². The molecule has 0 amide bonds. The molecule has 5 nitrogen and oxygen atoms in total. The molecule has 0 saturated carbocycles. The Balaban J connectivity index is 2.48. The Morgan fingerprint density at radius 1 is 1.35 bits per heavy atom. The van der Waals surface area contributed by atoms with E-state index in [1.807, 2.05) is 19.1 Å². The fourth-order valence-corrected chi connectivity index (χ4v) is 4.37. The molecule has 0 spiro atoms. The third-order valence-electron chi connectivity index (χ3n) is 5.07. The van der Waals surface area contributed by atoms with Crippen LogP contribution in [0.5, 0.6) is 5.75 Å². The molecule has 184 valence electrons. The molecule has 1 heterocycles. The molecule has 1 aromatic rings. The fraction of sp³-hybridized carbons (Fsp3) is 0.385. The highest BCUT2D eigenvalue weighted by atomic mass is 79.9. The van der Waals surface area contributed by atoms with E-state index in [9.17, 15) is 4.79 Å². The van der Waals surface area contributed by atoms with Gasteiger partial charge in [0.2, 0.25) is 5.75 Å². The van der Waals surface area contributed by atoms with Gasteiger partial charge in [-0.15, -0.1) is 9.24 Å².